The fourth-order valence-electron chi connectivity index (χ4n) is 1.15. The molecular formula is C9H7ClF2INO2. The third-order valence-electron chi connectivity index (χ3n) is 1.86. The van der Waals surface area contributed by atoms with E-state index >= 15 is 0 Å². The van der Waals surface area contributed by atoms with Crippen LogP contribution in [0.15, 0.2) is 6.07 Å². The average Bonchev–Trinajstić information content (AvgIpc) is 2.16. The van der Waals surface area contributed by atoms with E-state index in [0.29, 0.717) is 9.26 Å². The van der Waals surface area contributed by atoms with Crippen molar-refractivity contribution in [3.63, 3.8) is 0 Å². The number of carboxylic acids is 1. The summed E-state index contributed by atoms with van der Waals surface area (Å²) in [6.07, 6.45) is -3.26. The molecule has 16 heavy (non-hydrogen) atoms. The molecule has 0 spiro atoms. The number of pyridine rings is 1. The molecule has 1 rings (SSSR count). The van der Waals surface area contributed by atoms with Crippen LogP contribution in [-0.4, -0.2) is 16.1 Å². The van der Waals surface area contributed by atoms with Gasteiger partial charge in [0.2, 0.25) is 0 Å². The predicted molar refractivity (Wildman–Crippen MR) is 62.8 cm³/mol. The SMILES string of the molecule is O=C(O)Cc1nc(I)c(CCl)cc1C(F)F. The van der Waals surface area contributed by atoms with Crippen molar-refractivity contribution in [1.82, 2.24) is 4.98 Å². The lowest BCUT2D eigenvalue weighted by Crippen LogP contribution is -2.09. The molecule has 0 fully saturated rings. The van der Waals surface area contributed by atoms with Gasteiger partial charge < -0.3 is 5.11 Å². The summed E-state index contributed by atoms with van der Waals surface area (Å²) in [5.74, 6) is -1.12. The van der Waals surface area contributed by atoms with Crippen LogP contribution >= 0.6 is 34.2 Å². The minimum absolute atomic E-state index is 0.0678. The first kappa shape index (κ1) is 13.6. The van der Waals surface area contributed by atoms with Gasteiger partial charge in [0.05, 0.1) is 12.1 Å². The molecule has 3 nitrogen and oxygen atoms in total. The van der Waals surface area contributed by atoms with Crippen LogP contribution in [0.25, 0.3) is 0 Å². The third-order valence-corrected chi connectivity index (χ3v) is 3.08. The maximum Gasteiger partial charge on any atom is 0.309 e. The molecule has 0 bridgehead atoms. The number of aliphatic carboxylic acids is 1. The summed E-state index contributed by atoms with van der Waals surface area (Å²) in [6, 6.07) is 1.21. The Bertz CT molecular complexity index is 415. The van der Waals surface area contributed by atoms with Gasteiger partial charge in [-0.25, -0.2) is 13.8 Å². The van der Waals surface area contributed by atoms with Crippen molar-refractivity contribution in [3.8, 4) is 0 Å². The zero-order valence-electron chi connectivity index (χ0n) is 7.88. The molecule has 0 saturated carbocycles. The van der Waals surface area contributed by atoms with Gasteiger partial charge in [-0.3, -0.25) is 4.79 Å². The van der Waals surface area contributed by atoms with E-state index < -0.39 is 18.8 Å². The molecule has 1 aromatic rings. The zero-order chi connectivity index (χ0) is 12.3. The smallest absolute Gasteiger partial charge is 0.309 e. The number of halogens is 4. The van der Waals surface area contributed by atoms with Crippen molar-refractivity contribution in [2.24, 2.45) is 0 Å². The highest BCUT2D eigenvalue weighted by Gasteiger charge is 2.19. The lowest BCUT2D eigenvalue weighted by Gasteiger charge is -2.09. The summed E-state index contributed by atoms with van der Waals surface area (Å²) in [4.78, 5) is 14.3. The Morgan fingerprint density at radius 1 is 1.62 bits per heavy atom. The van der Waals surface area contributed by atoms with Gasteiger partial charge in [-0.1, -0.05) is 0 Å². The number of alkyl halides is 3. The molecule has 88 valence electrons. The fraction of sp³-hybridized carbons (Fsp3) is 0.333. The Morgan fingerprint density at radius 3 is 2.69 bits per heavy atom. The second-order valence-corrected chi connectivity index (χ2v) is 4.27. The molecule has 0 radical (unpaired) electrons. The maximum absolute atomic E-state index is 12.6. The van der Waals surface area contributed by atoms with E-state index in [1.165, 1.54) is 6.07 Å². The quantitative estimate of drug-likeness (QED) is 0.510. The molecule has 0 aliphatic heterocycles. The number of nitrogens with zero attached hydrogens (tertiary/aromatic N) is 1. The maximum atomic E-state index is 12.6. The van der Waals surface area contributed by atoms with E-state index in [2.05, 4.69) is 4.98 Å². The number of rotatable bonds is 4. The number of hydrogen-bond acceptors (Lipinski definition) is 2. The molecule has 0 saturated heterocycles. The first-order valence-corrected chi connectivity index (χ1v) is 5.81. The molecule has 0 atom stereocenters. The molecule has 0 aliphatic carbocycles. The van der Waals surface area contributed by atoms with Crippen molar-refractivity contribution in [2.75, 3.05) is 0 Å². The van der Waals surface area contributed by atoms with E-state index in [-0.39, 0.29) is 17.1 Å². The van der Waals surface area contributed by atoms with Gasteiger partial charge in [0.1, 0.15) is 3.70 Å². The van der Waals surface area contributed by atoms with E-state index in [4.69, 9.17) is 16.7 Å². The van der Waals surface area contributed by atoms with Gasteiger partial charge in [0, 0.05) is 11.4 Å². The summed E-state index contributed by atoms with van der Waals surface area (Å²) in [5.41, 5.74) is 0.00550. The van der Waals surface area contributed by atoms with Gasteiger partial charge >= 0.3 is 5.97 Å². The normalized spacial score (nSPS) is 10.8. The highest BCUT2D eigenvalue weighted by molar-refractivity contribution is 14.1. The van der Waals surface area contributed by atoms with Gasteiger partial charge in [-0.05, 0) is 34.2 Å². The van der Waals surface area contributed by atoms with E-state index in [1.54, 1.807) is 0 Å². The van der Waals surface area contributed by atoms with E-state index in [0.717, 1.165) is 0 Å². The standard InChI is InChI=1S/C9H7ClF2INO2/c10-3-4-1-5(8(11)12)6(2-7(15)16)14-9(4)13/h1,8H,2-3H2,(H,15,16). The number of carbonyl (C=O) groups is 1. The summed E-state index contributed by atoms with van der Waals surface area (Å²) in [6.45, 7) is 0. The first-order valence-electron chi connectivity index (χ1n) is 4.19. The minimum atomic E-state index is -2.75. The van der Waals surface area contributed by atoms with Crippen LogP contribution in [-0.2, 0) is 17.1 Å². The minimum Gasteiger partial charge on any atom is -0.481 e. The Labute approximate surface area is 109 Å². The number of carboxylic acid groups (broad SMARTS) is 1. The summed E-state index contributed by atoms with van der Waals surface area (Å²) >= 11 is 7.40. The van der Waals surface area contributed by atoms with Crippen LogP contribution in [0.3, 0.4) is 0 Å². The summed E-state index contributed by atoms with van der Waals surface area (Å²) in [5, 5.41) is 8.58. The topological polar surface area (TPSA) is 50.2 Å². The first-order chi connectivity index (χ1) is 7.45. The monoisotopic (exact) mass is 361 g/mol. The predicted octanol–water partition coefficient (Wildman–Crippen LogP) is 2.99. The molecule has 1 aromatic heterocycles. The Kier molecular flexibility index (Phi) is 4.85. The van der Waals surface area contributed by atoms with Crippen molar-refractivity contribution < 1.29 is 18.7 Å². The highest BCUT2D eigenvalue weighted by atomic mass is 127. The molecule has 1 heterocycles. The highest BCUT2D eigenvalue weighted by Crippen LogP contribution is 2.26. The van der Waals surface area contributed by atoms with Crippen LogP contribution in [0.1, 0.15) is 23.2 Å². The van der Waals surface area contributed by atoms with E-state index in [1.807, 2.05) is 22.6 Å². The molecule has 1 N–H and O–H groups in total. The third kappa shape index (κ3) is 3.24. The second kappa shape index (κ2) is 5.72. The van der Waals surface area contributed by atoms with Crippen LogP contribution < -0.4 is 0 Å². The van der Waals surface area contributed by atoms with Crippen LogP contribution in [0, 0.1) is 3.70 Å². The lowest BCUT2D eigenvalue weighted by atomic mass is 10.1. The molecule has 0 aliphatic rings. The van der Waals surface area contributed by atoms with Crippen LogP contribution in [0.5, 0.6) is 0 Å². The van der Waals surface area contributed by atoms with Gasteiger partial charge in [-0.2, -0.15) is 0 Å². The molecule has 0 unspecified atom stereocenters. The van der Waals surface area contributed by atoms with Crippen molar-refractivity contribution in [2.45, 2.75) is 18.7 Å². The van der Waals surface area contributed by atoms with E-state index in [9.17, 15) is 13.6 Å². The number of hydrogen-bond donors (Lipinski definition) is 1. The summed E-state index contributed by atoms with van der Waals surface area (Å²) < 4.78 is 25.7. The average molecular weight is 362 g/mol. The lowest BCUT2D eigenvalue weighted by molar-refractivity contribution is -0.136. The van der Waals surface area contributed by atoms with Crippen molar-refractivity contribution in [1.29, 1.82) is 0 Å². The largest absolute Gasteiger partial charge is 0.481 e. The van der Waals surface area contributed by atoms with Gasteiger partial charge in [-0.15, -0.1) is 11.6 Å². The number of aromatic nitrogens is 1. The van der Waals surface area contributed by atoms with Crippen LogP contribution in [0.2, 0.25) is 0 Å². The molecule has 0 aromatic carbocycles. The Hall–Kier alpha value is -0.500. The fourth-order valence-corrected chi connectivity index (χ4v) is 2.22. The van der Waals surface area contributed by atoms with Gasteiger partial charge in [0.25, 0.3) is 6.43 Å². The second-order valence-electron chi connectivity index (χ2n) is 2.98. The van der Waals surface area contributed by atoms with Crippen molar-refractivity contribution >= 4 is 40.2 Å². The van der Waals surface area contributed by atoms with Crippen molar-refractivity contribution in [3.05, 3.63) is 26.6 Å². The Morgan fingerprint density at radius 2 is 2.25 bits per heavy atom. The molecular weight excluding hydrogens is 354 g/mol. The zero-order valence-corrected chi connectivity index (χ0v) is 10.8. The summed E-state index contributed by atoms with van der Waals surface area (Å²) in [7, 11) is 0. The Balaban J connectivity index is 3.24. The van der Waals surface area contributed by atoms with Gasteiger partial charge in [0.15, 0.2) is 0 Å². The molecule has 0 amide bonds. The van der Waals surface area contributed by atoms with Crippen LogP contribution in [0.4, 0.5) is 8.78 Å². The molecule has 7 heteroatoms.